The molecule has 8 heteroatoms. The van der Waals surface area contributed by atoms with Crippen LogP contribution < -0.4 is 19.7 Å². The van der Waals surface area contributed by atoms with E-state index in [0.717, 1.165) is 59.1 Å². The van der Waals surface area contributed by atoms with Gasteiger partial charge in [0.05, 0.1) is 31.0 Å². The summed E-state index contributed by atoms with van der Waals surface area (Å²) in [6.07, 6.45) is 5.81. The second-order valence-electron chi connectivity index (χ2n) is 11.2. The minimum Gasteiger partial charge on any atom is -0.490 e. The number of ether oxygens (including phenoxy) is 2. The number of anilines is 3. The van der Waals surface area contributed by atoms with E-state index < -0.39 is 11.4 Å². The fraction of sp³-hybridized carbons (Fsp3) is 0.324. The van der Waals surface area contributed by atoms with Crippen LogP contribution in [0.1, 0.15) is 39.2 Å². The van der Waals surface area contributed by atoms with E-state index in [0.29, 0.717) is 25.4 Å². The number of carboxylic acid groups (broad SMARTS) is 1. The minimum atomic E-state index is -0.888. The minimum absolute atomic E-state index is 0.00211. The number of aromatic nitrogens is 2. The third kappa shape index (κ3) is 7.00. The first-order valence-corrected chi connectivity index (χ1v) is 14.5. The summed E-state index contributed by atoms with van der Waals surface area (Å²) in [5.41, 5.74) is 2.94. The largest absolute Gasteiger partial charge is 0.490 e. The van der Waals surface area contributed by atoms with E-state index in [-0.39, 0.29) is 6.10 Å². The fourth-order valence-corrected chi connectivity index (χ4v) is 5.21. The van der Waals surface area contributed by atoms with Gasteiger partial charge in [-0.2, -0.15) is 0 Å². The molecule has 42 heavy (non-hydrogen) atoms. The van der Waals surface area contributed by atoms with Gasteiger partial charge in [-0.3, -0.25) is 9.78 Å². The molecule has 4 aromatic rings. The van der Waals surface area contributed by atoms with Crippen molar-refractivity contribution in [3.63, 3.8) is 0 Å². The monoisotopic (exact) mass is 566 g/mol. The van der Waals surface area contributed by atoms with Crippen molar-refractivity contribution in [1.29, 1.82) is 0 Å². The van der Waals surface area contributed by atoms with Crippen LogP contribution in [0.3, 0.4) is 0 Å². The molecule has 1 fully saturated rings. The zero-order chi connectivity index (χ0) is 29.5. The molecule has 1 aliphatic heterocycles. The summed E-state index contributed by atoms with van der Waals surface area (Å²) in [6, 6.07) is 23.9. The number of nitrogens with one attached hydrogen (secondary N) is 1. The lowest BCUT2D eigenvalue weighted by Crippen LogP contribution is -2.41. The smallest absolute Gasteiger partial charge is 0.309 e. The van der Waals surface area contributed by atoms with Crippen molar-refractivity contribution < 1.29 is 19.4 Å². The van der Waals surface area contributed by atoms with Crippen molar-refractivity contribution in [3.8, 4) is 22.6 Å². The van der Waals surface area contributed by atoms with Crippen LogP contribution in [0.25, 0.3) is 11.1 Å². The van der Waals surface area contributed by atoms with Crippen molar-refractivity contribution >= 4 is 23.3 Å². The zero-order valence-corrected chi connectivity index (χ0v) is 24.4. The van der Waals surface area contributed by atoms with Crippen LogP contribution in [0.2, 0.25) is 0 Å². The fourth-order valence-electron chi connectivity index (χ4n) is 5.21. The standard InChI is InChI=1S/C34H38N4O4/c1-4-41-29-14-8-9-15-30(29)42-26-13-10-18-38(23-26)32-22-35-21-31(37-32)36-28-19-24(20-34(2,3)33(39)40)16-17-27(28)25-11-6-5-7-12-25/h5-9,11-12,14-17,19,21-22,26H,4,10,13,18,20,23H2,1-3H3,(H,36,37)(H,39,40). The number of aliphatic carboxylic acids is 1. The average Bonchev–Trinajstić information content (AvgIpc) is 2.99. The molecule has 1 saturated heterocycles. The Hall–Kier alpha value is -4.59. The van der Waals surface area contributed by atoms with Gasteiger partial charge >= 0.3 is 5.97 Å². The van der Waals surface area contributed by atoms with Gasteiger partial charge in [-0.25, -0.2) is 4.98 Å². The summed E-state index contributed by atoms with van der Waals surface area (Å²) in [7, 11) is 0. The molecule has 2 N–H and O–H groups in total. The van der Waals surface area contributed by atoms with Crippen LogP contribution in [-0.4, -0.2) is 46.8 Å². The van der Waals surface area contributed by atoms with Crippen molar-refractivity contribution in [3.05, 3.63) is 90.8 Å². The molecule has 0 radical (unpaired) electrons. The Labute approximate surface area is 247 Å². The molecule has 218 valence electrons. The van der Waals surface area contributed by atoms with E-state index in [2.05, 4.69) is 27.3 Å². The van der Waals surface area contributed by atoms with Gasteiger partial charge in [0.15, 0.2) is 17.3 Å². The van der Waals surface area contributed by atoms with Gasteiger partial charge in [-0.1, -0.05) is 54.6 Å². The maximum absolute atomic E-state index is 11.8. The Bertz CT molecular complexity index is 1510. The molecule has 0 amide bonds. The summed E-state index contributed by atoms with van der Waals surface area (Å²) in [6.45, 7) is 7.59. The Morgan fingerprint density at radius 1 is 1.05 bits per heavy atom. The lowest BCUT2D eigenvalue weighted by molar-refractivity contribution is -0.146. The Kier molecular flexibility index (Phi) is 8.91. The molecule has 2 heterocycles. The quantitative estimate of drug-likeness (QED) is 0.201. The number of rotatable bonds is 11. The summed E-state index contributed by atoms with van der Waals surface area (Å²) in [5.74, 6) is 2.08. The van der Waals surface area contributed by atoms with Crippen LogP contribution in [-0.2, 0) is 11.2 Å². The number of benzene rings is 3. The highest BCUT2D eigenvalue weighted by atomic mass is 16.5. The van der Waals surface area contributed by atoms with E-state index in [1.807, 2.05) is 67.6 Å². The topological polar surface area (TPSA) is 96.8 Å². The van der Waals surface area contributed by atoms with Crippen molar-refractivity contribution in [2.75, 3.05) is 29.9 Å². The number of carbonyl (C=O) groups is 1. The molecule has 0 bridgehead atoms. The number of nitrogens with zero attached hydrogens (tertiary/aromatic N) is 3. The van der Waals surface area contributed by atoms with Crippen LogP contribution in [0.4, 0.5) is 17.3 Å². The first kappa shape index (κ1) is 28.9. The molecular formula is C34H38N4O4. The highest BCUT2D eigenvalue weighted by molar-refractivity contribution is 5.81. The Morgan fingerprint density at radius 3 is 2.57 bits per heavy atom. The zero-order valence-electron chi connectivity index (χ0n) is 24.4. The molecule has 0 aliphatic carbocycles. The highest BCUT2D eigenvalue weighted by Gasteiger charge is 2.28. The predicted octanol–water partition coefficient (Wildman–Crippen LogP) is 6.99. The van der Waals surface area contributed by atoms with Crippen LogP contribution in [0.15, 0.2) is 85.2 Å². The summed E-state index contributed by atoms with van der Waals surface area (Å²) >= 11 is 0. The molecule has 1 aromatic heterocycles. The molecular weight excluding hydrogens is 528 g/mol. The number of para-hydroxylation sites is 2. The SMILES string of the molecule is CCOc1ccccc1OC1CCCN(c2cncc(Nc3cc(CC(C)(C)C(=O)O)ccc3-c3ccccc3)n2)C1. The number of piperidine rings is 1. The van der Waals surface area contributed by atoms with Gasteiger partial charge in [-0.05, 0) is 69.4 Å². The molecule has 5 rings (SSSR count). The van der Waals surface area contributed by atoms with E-state index in [4.69, 9.17) is 14.5 Å². The van der Waals surface area contributed by atoms with Crippen LogP contribution in [0, 0.1) is 5.41 Å². The second-order valence-corrected chi connectivity index (χ2v) is 11.2. The van der Waals surface area contributed by atoms with Gasteiger partial charge in [-0.15, -0.1) is 0 Å². The maximum atomic E-state index is 11.8. The van der Waals surface area contributed by atoms with E-state index in [9.17, 15) is 9.90 Å². The highest BCUT2D eigenvalue weighted by Crippen LogP contribution is 2.34. The van der Waals surface area contributed by atoms with E-state index in [1.54, 1.807) is 26.2 Å². The lowest BCUT2D eigenvalue weighted by Gasteiger charge is -2.33. The average molecular weight is 567 g/mol. The first-order valence-electron chi connectivity index (χ1n) is 14.5. The number of carboxylic acids is 1. The molecule has 8 nitrogen and oxygen atoms in total. The van der Waals surface area contributed by atoms with E-state index >= 15 is 0 Å². The first-order chi connectivity index (χ1) is 20.3. The van der Waals surface area contributed by atoms with Crippen LogP contribution >= 0.6 is 0 Å². The van der Waals surface area contributed by atoms with Crippen molar-refractivity contribution in [2.45, 2.75) is 46.1 Å². The van der Waals surface area contributed by atoms with Gasteiger partial charge in [0.25, 0.3) is 0 Å². The molecule has 1 atom stereocenters. The normalized spacial score (nSPS) is 15.2. The Morgan fingerprint density at radius 2 is 1.81 bits per heavy atom. The molecule has 3 aromatic carbocycles. The second kappa shape index (κ2) is 12.9. The third-order valence-corrected chi connectivity index (χ3v) is 7.42. The maximum Gasteiger partial charge on any atom is 0.309 e. The summed E-state index contributed by atoms with van der Waals surface area (Å²) in [4.78, 5) is 23.4. The van der Waals surface area contributed by atoms with Crippen molar-refractivity contribution in [2.24, 2.45) is 5.41 Å². The summed E-state index contributed by atoms with van der Waals surface area (Å²) in [5, 5.41) is 13.2. The third-order valence-electron chi connectivity index (χ3n) is 7.42. The van der Waals surface area contributed by atoms with Gasteiger partial charge < -0.3 is 24.8 Å². The van der Waals surface area contributed by atoms with Gasteiger partial charge in [0.2, 0.25) is 0 Å². The lowest BCUT2D eigenvalue weighted by atomic mass is 9.85. The predicted molar refractivity (Wildman–Crippen MR) is 166 cm³/mol. The summed E-state index contributed by atoms with van der Waals surface area (Å²) < 4.78 is 12.1. The Balaban J connectivity index is 1.37. The number of hydrogen-bond donors (Lipinski definition) is 2. The van der Waals surface area contributed by atoms with Crippen molar-refractivity contribution in [1.82, 2.24) is 9.97 Å². The molecule has 0 saturated carbocycles. The molecule has 0 spiro atoms. The van der Waals surface area contributed by atoms with Crippen LogP contribution in [0.5, 0.6) is 11.5 Å². The molecule has 1 aliphatic rings. The van der Waals surface area contributed by atoms with Gasteiger partial charge in [0, 0.05) is 17.8 Å². The number of hydrogen-bond acceptors (Lipinski definition) is 7. The van der Waals surface area contributed by atoms with E-state index in [1.165, 1.54) is 0 Å². The van der Waals surface area contributed by atoms with Gasteiger partial charge in [0.1, 0.15) is 11.9 Å². The molecule has 1 unspecified atom stereocenters.